The SMILES string of the molecule is CCCCCCCCCC(CC)(CCCCCCCC)C([O])=O. The summed E-state index contributed by atoms with van der Waals surface area (Å²) in [6.07, 6.45) is 18.4. The summed E-state index contributed by atoms with van der Waals surface area (Å²) in [5.41, 5.74) is -0.561. The van der Waals surface area contributed by atoms with Crippen molar-refractivity contribution in [2.75, 3.05) is 0 Å². The van der Waals surface area contributed by atoms with Crippen molar-refractivity contribution in [2.24, 2.45) is 5.41 Å². The normalized spacial score (nSPS) is 13.9. The van der Waals surface area contributed by atoms with Crippen LogP contribution >= 0.6 is 0 Å². The molecule has 0 spiro atoms. The maximum Gasteiger partial charge on any atom is 0.361 e. The Morgan fingerprint density at radius 1 is 0.609 bits per heavy atom. The Morgan fingerprint density at radius 3 is 1.26 bits per heavy atom. The van der Waals surface area contributed by atoms with Gasteiger partial charge < -0.3 is 0 Å². The summed E-state index contributed by atoms with van der Waals surface area (Å²) in [6.45, 7) is 6.48. The van der Waals surface area contributed by atoms with Crippen LogP contribution in [-0.2, 0) is 9.90 Å². The predicted molar refractivity (Wildman–Crippen MR) is 99.0 cm³/mol. The molecule has 0 aliphatic carbocycles. The van der Waals surface area contributed by atoms with Crippen molar-refractivity contribution >= 4 is 5.97 Å². The van der Waals surface area contributed by atoms with Gasteiger partial charge in [-0.05, 0) is 19.3 Å². The van der Waals surface area contributed by atoms with Gasteiger partial charge in [-0.15, -0.1) is 0 Å². The van der Waals surface area contributed by atoms with Gasteiger partial charge in [0, 0.05) is 0 Å². The first-order valence-corrected chi connectivity index (χ1v) is 10.3. The van der Waals surface area contributed by atoms with Crippen LogP contribution in [0.5, 0.6) is 0 Å². The van der Waals surface area contributed by atoms with Crippen LogP contribution in [0.25, 0.3) is 0 Å². The van der Waals surface area contributed by atoms with Gasteiger partial charge in [0.1, 0.15) is 0 Å². The minimum Gasteiger partial charge on any atom is -0.247 e. The number of carbonyl (C=O) groups is 1. The van der Waals surface area contributed by atoms with Gasteiger partial charge in [0.25, 0.3) is 0 Å². The second kappa shape index (κ2) is 15.0. The van der Waals surface area contributed by atoms with Crippen molar-refractivity contribution in [3.8, 4) is 0 Å². The summed E-state index contributed by atoms with van der Waals surface area (Å²) in [5, 5.41) is 11.7. The molecule has 0 amide bonds. The molecule has 1 unspecified atom stereocenters. The van der Waals surface area contributed by atoms with Crippen molar-refractivity contribution in [3.05, 3.63) is 0 Å². The quantitative estimate of drug-likeness (QED) is 0.260. The molecule has 0 rings (SSSR count). The van der Waals surface area contributed by atoms with E-state index in [1.54, 1.807) is 0 Å². The molecule has 23 heavy (non-hydrogen) atoms. The highest BCUT2D eigenvalue weighted by Crippen LogP contribution is 2.36. The van der Waals surface area contributed by atoms with Crippen molar-refractivity contribution in [2.45, 2.75) is 124 Å². The lowest BCUT2D eigenvalue weighted by Crippen LogP contribution is -2.29. The highest BCUT2D eigenvalue weighted by molar-refractivity contribution is 5.74. The Labute approximate surface area is 145 Å². The van der Waals surface area contributed by atoms with E-state index in [1.807, 2.05) is 6.92 Å². The van der Waals surface area contributed by atoms with Crippen molar-refractivity contribution < 1.29 is 9.90 Å². The summed E-state index contributed by atoms with van der Waals surface area (Å²) in [7, 11) is 0. The van der Waals surface area contributed by atoms with E-state index in [0.29, 0.717) is 0 Å². The molecular formula is C21H41O2. The first-order valence-electron chi connectivity index (χ1n) is 10.3. The topological polar surface area (TPSA) is 37.0 Å². The number of rotatable bonds is 17. The van der Waals surface area contributed by atoms with Crippen LogP contribution in [0.4, 0.5) is 0 Å². The molecule has 0 heterocycles. The fraction of sp³-hybridized carbons (Fsp3) is 0.952. The van der Waals surface area contributed by atoms with Crippen LogP contribution < -0.4 is 0 Å². The molecule has 0 saturated heterocycles. The number of carbonyl (C=O) groups excluding carboxylic acids is 1. The van der Waals surface area contributed by atoms with Crippen molar-refractivity contribution in [3.63, 3.8) is 0 Å². The predicted octanol–water partition coefficient (Wildman–Crippen LogP) is 7.23. The standard InChI is InChI=1S/C21H41O2/c1-4-7-9-11-13-15-17-19-21(6-3,20(22)23)18-16-14-12-10-8-5-2/h4-19H2,1-3H3. The molecule has 0 fully saturated rings. The average Bonchev–Trinajstić information content (AvgIpc) is 2.55. The van der Waals surface area contributed by atoms with Gasteiger partial charge in [-0.3, -0.25) is 0 Å². The summed E-state index contributed by atoms with van der Waals surface area (Å²) < 4.78 is 0. The monoisotopic (exact) mass is 325 g/mol. The van der Waals surface area contributed by atoms with Gasteiger partial charge >= 0.3 is 5.97 Å². The van der Waals surface area contributed by atoms with E-state index in [2.05, 4.69) is 13.8 Å². The minimum absolute atomic E-state index is 0.561. The van der Waals surface area contributed by atoms with Gasteiger partial charge in [0.05, 0.1) is 5.41 Å². The summed E-state index contributed by atoms with van der Waals surface area (Å²) >= 11 is 0. The molecule has 0 aliphatic rings. The van der Waals surface area contributed by atoms with Crippen LogP contribution in [0, 0.1) is 5.41 Å². The summed E-state index contributed by atoms with van der Waals surface area (Å²) in [6, 6.07) is 0. The smallest absolute Gasteiger partial charge is 0.247 e. The largest absolute Gasteiger partial charge is 0.361 e. The third kappa shape index (κ3) is 10.8. The zero-order chi connectivity index (χ0) is 17.4. The van der Waals surface area contributed by atoms with Crippen molar-refractivity contribution in [1.82, 2.24) is 0 Å². The third-order valence-corrected chi connectivity index (χ3v) is 5.38. The highest BCUT2D eigenvalue weighted by atomic mass is 16.4. The lowest BCUT2D eigenvalue weighted by Gasteiger charge is -2.27. The van der Waals surface area contributed by atoms with Crippen LogP contribution in [0.3, 0.4) is 0 Å². The third-order valence-electron chi connectivity index (χ3n) is 5.38. The molecule has 1 atom stereocenters. The van der Waals surface area contributed by atoms with E-state index < -0.39 is 11.4 Å². The first kappa shape index (κ1) is 22.5. The summed E-state index contributed by atoms with van der Waals surface area (Å²) in [5.74, 6) is -0.806. The molecule has 1 radical (unpaired) electrons. The zero-order valence-electron chi connectivity index (χ0n) is 16.1. The number of unbranched alkanes of at least 4 members (excludes halogenated alkanes) is 11. The molecule has 2 nitrogen and oxygen atoms in total. The van der Waals surface area contributed by atoms with E-state index in [1.165, 1.54) is 70.6 Å². The van der Waals surface area contributed by atoms with E-state index in [-0.39, 0.29) is 0 Å². The lowest BCUT2D eigenvalue weighted by molar-refractivity contribution is -0.157. The first-order chi connectivity index (χ1) is 11.1. The Balaban J connectivity index is 4.00. The Bertz CT molecular complexity index is 275. The van der Waals surface area contributed by atoms with Crippen LogP contribution in [0.1, 0.15) is 124 Å². The van der Waals surface area contributed by atoms with Crippen LogP contribution in [-0.4, -0.2) is 5.97 Å². The molecule has 137 valence electrons. The maximum absolute atomic E-state index is 11.7. The van der Waals surface area contributed by atoms with Gasteiger partial charge in [-0.2, -0.15) is 0 Å². The fourth-order valence-electron chi connectivity index (χ4n) is 3.49. The molecule has 0 N–H and O–H groups in total. The fourth-order valence-corrected chi connectivity index (χ4v) is 3.49. The van der Waals surface area contributed by atoms with E-state index in [9.17, 15) is 9.90 Å². The van der Waals surface area contributed by atoms with Crippen LogP contribution in [0.15, 0.2) is 0 Å². The highest BCUT2D eigenvalue weighted by Gasteiger charge is 2.36. The molecular weight excluding hydrogens is 284 g/mol. The van der Waals surface area contributed by atoms with Gasteiger partial charge in [-0.1, -0.05) is 104 Å². The van der Waals surface area contributed by atoms with E-state index in [0.717, 1.165) is 32.1 Å². The molecule has 0 saturated carbocycles. The van der Waals surface area contributed by atoms with E-state index >= 15 is 0 Å². The van der Waals surface area contributed by atoms with Crippen molar-refractivity contribution in [1.29, 1.82) is 0 Å². The lowest BCUT2D eigenvalue weighted by atomic mass is 9.75. The van der Waals surface area contributed by atoms with Gasteiger partial charge in [0.15, 0.2) is 0 Å². The minimum atomic E-state index is -0.806. The second-order valence-corrected chi connectivity index (χ2v) is 7.31. The zero-order valence-corrected chi connectivity index (χ0v) is 16.1. The molecule has 2 heteroatoms. The average molecular weight is 326 g/mol. The molecule has 0 aliphatic heterocycles. The van der Waals surface area contributed by atoms with Gasteiger partial charge in [0.2, 0.25) is 0 Å². The molecule has 0 bridgehead atoms. The molecule has 0 aromatic rings. The molecule has 0 aromatic carbocycles. The van der Waals surface area contributed by atoms with Gasteiger partial charge in [-0.25, -0.2) is 9.90 Å². The van der Waals surface area contributed by atoms with E-state index in [4.69, 9.17) is 0 Å². The molecule has 0 aromatic heterocycles. The Morgan fingerprint density at radius 2 is 0.957 bits per heavy atom. The number of hydrogen-bond donors (Lipinski definition) is 0. The summed E-state index contributed by atoms with van der Waals surface area (Å²) in [4.78, 5) is 11.7. The Kier molecular flexibility index (Phi) is 14.7. The number of hydrogen-bond acceptors (Lipinski definition) is 1. The second-order valence-electron chi connectivity index (χ2n) is 7.31. The maximum atomic E-state index is 11.7. The van der Waals surface area contributed by atoms with Crippen LogP contribution in [0.2, 0.25) is 0 Å². The Hall–Kier alpha value is -0.530.